The zero-order valence-corrected chi connectivity index (χ0v) is 12.0. The predicted molar refractivity (Wildman–Crippen MR) is 77.5 cm³/mol. The molecule has 1 aliphatic rings. The number of hydrogen-bond donors (Lipinski definition) is 2. The highest BCUT2D eigenvalue weighted by Gasteiger charge is 2.27. The summed E-state index contributed by atoms with van der Waals surface area (Å²) in [6.45, 7) is 4.43. The van der Waals surface area contributed by atoms with Gasteiger partial charge in [-0.15, -0.1) is 0 Å². The number of nitrogens with two attached hydrogens (primary N) is 1. The number of ether oxygens (including phenoxy) is 2. The first-order valence-electron chi connectivity index (χ1n) is 6.99. The molecule has 0 saturated carbocycles. The highest BCUT2D eigenvalue weighted by Crippen LogP contribution is 2.22. The van der Waals surface area contributed by atoms with Crippen molar-refractivity contribution in [3.05, 3.63) is 29.8 Å². The minimum Gasteiger partial charge on any atom is -0.446 e. The Kier molecular flexibility index (Phi) is 4.98. The van der Waals surface area contributed by atoms with Crippen molar-refractivity contribution in [1.29, 1.82) is 0 Å². The van der Waals surface area contributed by atoms with Crippen molar-refractivity contribution in [2.45, 2.75) is 51.5 Å². The lowest BCUT2D eigenvalue weighted by molar-refractivity contribution is -0.0802. The van der Waals surface area contributed by atoms with E-state index in [2.05, 4.69) is 5.32 Å². The van der Waals surface area contributed by atoms with E-state index in [9.17, 15) is 4.79 Å². The van der Waals surface area contributed by atoms with Crippen LogP contribution in [0.2, 0.25) is 0 Å². The van der Waals surface area contributed by atoms with Crippen LogP contribution in [-0.4, -0.2) is 24.4 Å². The Morgan fingerprint density at radius 1 is 1.40 bits per heavy atom. The number of rotatable bonds is 3. The second-order valence-electron chi connectivity index (χ2n) is 5.29. The molecule has 1 fully saturated rings. The maximum atomic E-state index is 11.9. The minimum atomic E-state index is -0.425. The Labute approximate surface area is 119 Å². The van der Waals surface area contributed by atoms with Crippen molar-refractivity contribution in [3.63, 3.8) is 0 Å². The van der Waals surface area contributed by atoms with Gasteiger partial charge < -0.3 is 15.2 Å². The Hall–Kier alpha value is -1.59. The van der Waals surface area contributed by atoms with Crippen LogP contribution in [0.4, 0.5) is 10.5 Å². The molecule has 0 bridgehead atoms. The van der Waals surface area contributed by atoms with Crippen molar-refractivity contribution >= 4 is 11.8 Å². The van der Waals surface area contributed by atoms with Crippen LogP contribution in [0.3, 0.4) is 0 Å². The minimum absolute atomic E-state index is 0.0913. The molecule has 1 heterocycles. The first-order chi connectivity index (χ1) is 9.56. The number of nitrogens with one attached hydrogen (secondary N) is 1. The van der Waals surface area contributed by atoms with Crippen molar-refractivity contribution < 1.29 is 14.3 Å². The van der Waals surface area contributed by atoms with Gasteiger partial charge in [-0.25, -0.2) is 4.79 Å². The Bertz CT molecular complexity index is 454. The average Bonchev–Trinajstić information content (AvgIpc) is 2.37. The van der Waals surface area contributed by atoms with Crippen LogP contribution in [0.1, 0.15) is 32.3 Å². The van der Waals surface area contributed by atoms with Crippen LogP contribution >= 0.6 is 0 Å². The highest BCUT2D eigenvalue weighted by molar-refractivity contribution is 5.84. The number of carbonyl (C=O) groups is 1. The molecule has 0 aliphatic carbocycles. The topological polar surface area (TPSA) is 73.6 Å². The lowest BCUT2D eigenvalue weighted by Crippen LogP contribution is -2.36. The lowest BCUT2D eigenvalue weighted by atomic mass is 10.0. The molecule has 5 heteroatoms. The SMILES string of the molecule is CC1CC(OC(=O)Nc2cccc(CN)c2)CC(C)O1. The molecule has 1 saturated heterocycles. The zero-order valence-electron chi connectivity index (χ0n) is 12.0. The fourth-order valence-electron chi connectivity index (χ4n) is 2.52. The summed E-state index contributed by atoms with van der Waals surface area (Å²) in [5, 5.41) is 2.74. The Morgan fingerprint density at radius 3 is 2.75 bits per heavy atom. The summed E-state index contributed by atoms with van der Waals surface area (Å²) < 4.78 is 11.1. The van der Waals surface area contributed by atoms with Crippen molar-refractivity contribution in [1.82, 2.24) is 0 Å². The average molecular weight is 278 g/mol. The fraction of sp³-hybridized carbons (Fsp3) is 0.533. The van der Waals surface area contributed by atoms with Crippen LogP contribution in [0.15, 0.2) is 24.3 Å². The normalized spacial score (nSPS) is 26.1. The third kappa shape index (κ3) is 4.21. The van der Waals surface area contributed by atoms with Crippen molar-refractivity contribution in [2.24, 2.45) is 5.73 Å². The van der Waals surface area contributed by atoms with Gasteiger partial charge in [0.25, 0.3) is 0 Å². The summed E-state index contributed by atoms with van der Waals surface area (Å²) in [7, 11) is 0. The first-order valence-corrected chi connectivity index (χ1v) is 6.99. The van der Waals surface area contributed by atoms with Gasteiger partial charge in [-0.05, 0) is 31.5 Å². The lowest BCUT2D eigenvalue weighted by Gasteiger charge is -2.31. The summed E-state index contributed by atoms with van der Waals surface area (Å²) in [6.07, 6.45) is 1.20. The van der Waals surface area contributed by atoms with Gasteiger partial charge >= 0.3 is 6.09 Å². The van der Waals surface area contributed by atoms with Crippen molar-refractivity contribution in [3.8, 4) is 0 Å². The Morgan fingerprint density at radius 2 is 2.10 bits per heavy atom. The molecule has 2 unspecified atom stereocenters. The molecular formula is C15H22N2O3. The van der Waals surface area contributed by atoms with E-state index in [4.69, 9.17) is 15.2 Å². The van der Waals surface area contributed by atoms with E-state index in [1.54, 1.807) is 0 Å². The number of carbonyl (C=O) groups excluding carboxylic acids is 1. The molecule has 110 valence electrons. The molecule has 3 N–H and O–H groups in total. The molecule has 2 rings (SSSR count). The van der Waals surface area contributed by atoms with Gasteiger partial charge in [-0.2, -0.15) is 0 Å². The van der Waals surface area contributed by atoms with E-state index in [1.807, 2.05) is 38.1 Å². The van der Waals surface area contributed by atoms with E-state index in [-0.39, 0.29) is 18.3 Å². The second-order valence-corrected chi connectivity index (χ2v) is 5.29. The van der Waals surface area contributed by atoms with Gasteiger partial charge in [0, 0.05) is 25.1 Å². The molecule has 5 nitrogen and oxygen atoms in total. The summed E-state index contributed by atoms with van der Waals surface area (Å²) >= 11 is 0. The van der Waals surface area contributed by atoms with Crippen molar-refractivity contribution in [2.75, 3.05) is 5.32 Å². The third-order valence-corrected chi connectivity index (χ3v) is 3.34. The molecular weight excluding hydrogens is 256 g/mol. The standard InChI is InChI=1S/C15H22N2O3/c1-10-6-14(7-11(2)19-10)20-15(18)17-13-5-3-4-12(8-13)9-16/h3-5,8,10-11,14H,6-7,9,16H2,1-2H3,(H,17,18). The van der Waals surface area contributed by atoms with E-state index in [0.717, 1.165) is 18.4 Å². The van der Waals surface area contributed by atoms with Gasteiger partial charge in [0.05, 0.1) is 12.2 Å². The number of amides is 1. The highest BCUT2D eigenvalue weighted by atomic mass is 16.6. The first kappa shape index (κ1) is 14.8. The van der Waals surface area contributed by atoms with Crippen LogP contribution < -0.4 is 11.1 Å². The summed E-state index contributed by atoms with van der Waals surface area (Å²) in [5.74, 6) is 0. The van der Waals surface area contributed by atoms with Crippen LogP contribution in [-0.2, 0) is 16.0 Å². The molecule has 1 amide bonds. The van der Waals surface area contributed by atoms with Crippen LogP contribution in [0.5, 0.6) is 0 Å². The zero-order chi connectivity index (χ0) is 14.5. The van der Waals surface area contributed by atoms with E-state index in [1.165, 1.54) is 0 Å². The molecule has 1 aromatic carbocycles. The molecule has 0 aromatic heterocycles. The molecule has 1 aliphatic heterocycles. The quantitative estimate of drug-likeness (QED) is 0.891. The number of anilines is 1. The van der Waals surface area contributed by atoms with Gasteiger partial charge in [0.1, 0.15) is 6.10 Å². The maximum Gasteiger partial charge on any atom is 0.411 e. The third-order valence-electron chi connectivity index (χ3n) is 3.34. The van der Waals surface area contributed by atoms with Crippen LogP contribution in [0, 0.1) is 0 Å². The van der Waals surface area contributed by atoms with Gasteiger partial charge in [0.2, 0.25) is 0 Å². The van der Waals surface area contributed by atoms with E-state index >= 15 is 0 Å². The monoisotopic (exact) mass is 278 g/mol. The largest absolute Gasteiger partial charge is 0.446 e. The maximum absolute atomic E-state index is 11.9. The van der Waals surface area contributed by atoms with Gasteiger partial charge in [0.15, 0.2) is 0 Å². The fourth-order valence-corrected chi connectivity index (χ4v) is 2.52. The van der Waals surface area contributed by atoms with E-state index < -0.39 is 6.09 Å². The van der Waals surface area contributed by atoms with Crippen LogP contribution in [0.25, 0.3) is 0 Å². The predicted octanol–water partition coefficient (Wildman–Crippen LogP) is 2.65. The molecule has 2 atom stereocenters. The van der Waals surface area contributed by atoms with Gasteiger partial charge in [-0.1, -0.05) is 12.1 Å². The van der Waals surface area contributed by atoms with Gasteiger partial charge in [-0.3, -0.25) is 5.32 Å². The molecule has 20 heavy (non-hydrogen) atoms. The Balaban J connectivity index is 1.88. The smallest absolute Gasteiger partial charge is 0.411 e. The summed E-state index contributed by atoms with van der Waals surface area (Å²) in [5.41, 5.74) is 7.24. The molecule has 0 radical (unpaired) electrons. The number of benzene rings is 1. The summed E-state index contributed by atoms with van der Waals surface area (Å²) in [6, 6.07) is 7.43. The molecule has 1 aromatic rings. The number of hydrogen-bond acceptors (Lipinski definition) is 4. The second kappa shape index (κ2) is 6.72. The summed E-state index contributed by atoms with van der Waals surface area (Å²) in [4.78, 5) is 11.9. The van der Waals surface area contributed by atoms with E-state index in [0.29, 0.717) is 12.2 Å². The molecule has 0 spiro atoms.